The highest BCUT2D eigenvalue weighted by atomic mass is 35.5. The van der Waals surface area contributed by atoms with Crippen LogP contribution in [0.25, 0.3) is 33.2 Å². The lowest BCUT2D eigenvalue weighted by Crippen LogP contribution is -2.32. The minimum absolute atomic E-state index is 0.134. The van der Waals surface area contributed by atoms with E-state index in [-0.39, 0.29) is 39.7 Å². The van der Waals surface area contributed by atoms with Crippen LogP contribution in [0, 0.1) is 17.2 Å². The Hall–Kier alpha value is -7.58. The number of pyridine rings is 1. The normalized spacial score (nSPS) is 12.3. The van der Waals surface area contributed by atoms with Gasteiger partial charge >= 0.3 is 0 Å². The van der Waals surface area contributed by atoms with Crippen molar-refractivity contribution in [3.8, 4) is 69.1 Å². The number of aromatic hydroxyl groups is 5. The standard InChI is InChI=1S/C27H38N2O4.C18H26ClN3.C15H10O7/c1-20(2)27(19-28,22-10-12-24(31-5)26(18-22)33-7)14-8-15-29(3)16-13-21-9-11-23(30-4)25(17-21)32-6;1-4-22(5-2)12-6-7-14(3)21-17-10-11-20-18-13-15(19)8-9-16(17)18;16-7-4-10(19)12-11(5-7)22-15(14(21)13(12)20)6-1-2-8(17)9(18)3-6/h9-12,17-18,20H,8,13-16H2,1-7H3;8-11,13-14H,4-7,12H2,1-3H3,(H,20,21);1-5,16-19,21H. The Morgan fingerprint density at radius 1 is 0.753 bits per heavy atom. The molecular weight excluding hydrogens is 1000 g/mol. The fraction of sp³-hybridized carbons (Fsp3) is 0.383. The summed E-state index contributed by atoms with van der Waals surface area (Å²) in [5, 5.41) is 63.3. The minimum Gasteiger partial charge on any atom is -0.508 e. The number of halogens is 1. The topological polar surface area (TPSA) is 223 Å². The number of phenolic OH excluding ortho intramolecular Hbond substituents is 4. The number of rotatable bonds is 22. The summed E-state index contributed by atoms with van der Waals surface area (Å²) in [5.41, 5.74) is 2.79. The maximum absolute atomic E-state index is 12.1. The Kier molecular flexibility index (Phi) is 22.3. The largest absolute Gasteiger partial charge is 0.508 e. The average Bonchev–Trinajstić information content (AvgIpc) is 3.43. The second kappa shape index (κ2) is 28.5. The molecule has 0 aliphatic carbocycles. The van der Waals surface area contributed by atoms with Crippen molar-refractivity contribution in [1.29, 1.82) is 5.26 Å². The summed E-state index contributed by atoms with van der Waals surface area (Å²) in [4.78, 5) is 21.3. The van der Waals surface area contributed by atoms with E-state index in [1.54, 1.807) is 28.4 Å². The van der Waals surface area contributed by atoms with Gasteiger partial charge in [0.15, 0.2) is 40.3 Å². The third-order valence-corrected chi connectivity index (χ3v) is 13.9. The van der Waals surface area contributed by atoms with Crippen LogP contribution in [-0.2, 0) is 11.8 Å². The number of nitrogens with zero attached hydrogens (tertiary/aromatic N) is 4. The molecule has 412 valence electrons. The molecule has 2 atom stereocenters. The predicted molar refractivity (Wildman–Crippen MR) is 305 cm³/mol. The van der Waals surface area contributed by atoms with Crippen LogP contribution < -0.4 is 29.7 Å². The summed E-state index contributed by atoms with van der Waals surface area (Å²) < 4.78 is 26.9. The summed E-state index contributed by atoms with van der Waals surface area (Å²) in [7, 11) is 8.67. The van der Waals surface area contributed by atoms with Crippen LogP contribution in [-0.4, -0.2) is 115 Å². The Bertz CT molecular complexity index is 3160. The van der Waals surface area contributed by atoms with Gasteiger partial charge in [-0.25, -0.2) is 0 Å². The molecule has 0 fully saturated rings. The number of aromatic nitrogens is 1. The first-order valence-electron chi connectivity index (χ1n) is 25.7. The predicted octanol–water partition coefficient (Wildman–Crippen LogP) is 11.9. The number of benzene rings is 5. The average molecular weight is 1080 g/mol. The molecule has 0 saturated heterocycles. The van der Waals surface area contributed by atoms with Crippen molar-refractivity contribution in [2.45, 2.75) is 78.2 Å². The first-order chi connectivity index (χ1) is 36.9. The van der Waals surface area contributed by atoms with Crippen LogP contribution in [0.2, 0.25) is 5.02 Å². The lowest BCUT2D eigenvalue weighted by Gasteiger charge is -2.32. The van der Waals surface area contributed by atoms with Crippen LogP contribution in [0.5, 0.6) is 51.7 Å². The van der Waals surface area contributed by atoms with Gasteiger partial charge in [0.25, 0.3) is 0 Å². The molecule has 2 heterocycles. The number of nitriles is 1. The van der Waals surface area contributed by atoms with Crippen molar-refractivity contribution < 1.29 is 48.9 Å². The number of hydrogen-bond acceptors (Lipinski definition) is 16. The number of anilines is 1. The zero-order valence-corrected chi connectivity index (χ0v) is 46.6. The fourth-order valence-electron chi connectivity index (χ4n) is 9.11. The van der Waals surface area contributed by atoms with E-state index in [4.69, 9.17) is 35.0 Å². The molecule has 5 aromatic carbocycles. The number of phenols is 4. The molecule has 16 nitrogen and oxygen atoms in total. The Morgan fingerprint density at radius 3 is 2.06 bits per heavy atom. The van der Waals surface area contributed by atoms with Gasteiger partial charge in [-0.1, -0.05) is 51.4 Å². The minimum atomic E-state index is -0.888. The van der Waals surface area contributed by atoms with Crippen LogP contribution >= 0.6 is 11.6 Å². The smallest absolute Gasteiger partial charge is 0.238 e. The summed E-state index contributed by atoms with van der Waals surface area (Å²) in [5.74, 6) is 0.273. The number of fused-ring (bicyclic) bond motifs is 2. The molecule has 0 radical (unpaired) electrons. The maximum atomic E-state index is 12.1. The van der Waals surface area contributed by atoms with Crippen molar-refractivity contribution in [2.24, 2.45) is 5.92 Å². The van der Waals surface area contributed by atoms with Crippen molar-refractivity contribution in [2.75, 3.05) is 73.5 Å². The highest BCUT2D eigenvalue weighted by Gasteiger charge is 2.36. The molecule has 0 bridgehead atoms. The first-order valence-corrected chi connectivity index (χ1v) is 26.0. The highest BCUT2D eigenvalue weighted by molar-refractivity contribution is 6.31. The SMILES string of the molecule is CCN(CC)CCCC(C)Nc1ccnc2cc(Cl)ccc12.COc1ccc(CCN(C)CCCC(C#N)(c2ccc(OC)c(OC)c2)C(C)C)cc1OC.O=c1c(O)c(-c2ccc(O)c(O)c2)oc2cc(O)cc(O)c12. The zero-order chi connectivity index (χ0) is 56.4. The second-order valence-electron chi connectivity index (χ2n) is 19.0. The Morgan fingerprint density at radius 2 is 1.43 bits per heavy atom. The van der Waals surface area contributed by atoms with Gasteiger partial charge in [0, 0.05) is 52.6 Å². The molecule has 0 amide bonds. The van der Waals surface area contributed by atoms with Gasteiger partial charge in [-0.3, -0.25) is 9.78 Å². The molecule has 0 aliphatic rings. The van der Waals surface area contributed by atoms with E-state index in [1.807, 2.05) is 60.8 Å². The number of ether oxygens (including phenoxy) is 4. The van der Waals surface area contributed by atoms with Gasteiger partial charge in [0.2, 0.25) is 11.2 Å². The number of methoxy groups -OCH3 is 4. The Labute approximate surface area is 456 Å². The van der Waals surface area contributed by atoms with Gasteiger partial charge in [-0.2, -0.15) is 5.26 Å². The molecular formula is C60H74ClN5O11. The fourth-order valence-corrected chi connectivity index (χ4v) is 9.27. The molecule has 77 heavy (non-hydrogen) atoms. The van der Waals surface area contributed by atoms with E-state index in [1.165, 1.54) is 24.6 Å². The lowest BCUT2D eigenvalue weighted by molar-refractivity contribution is 0.292. The molecule has 0 aliphatic heterocycles. The molecule has 17 heteroatoms. The summed E-state index contributed by atoms with van der Waals surface area (Å²) >= 11 is 6.04. The van der Waals surface area contributed by atoms with Crippen LogP contribution in [0.1, 0.15) is 71.4 Å². The summed E-state index contributed by atoms with van der Waals surface area (Å²) in [6.45, 7) is 16.2. The van der Waals surface area contributed by atoms with Gasteiger partial charge in [-0.15, -0.1) is 0 Å². The van der Waals surface area contributed by atoms with Gasteiger partial charge < -0.3 is 64.0 Å². The zero-order valence-electron chi connectivity index (χ0n) is 45.8. The third kappa shape index (κ3) is 15.5. The van der Waals surface area contributed by atoms with E-state index in [0.29, 0.717) is 17.5 Å². The molecule has 0 saturated carbocycles. The summed E-state index contributed by atoms with van der Waals surface area (Å²) in [6, 6.07) is 28.5. The first kappa shape index (κ1) is 60.3. The van der Waals surface area contributed by atoms with Crippen LogP contribution in [0.4, 0.5) is 5.69 Å². The van der Waals surface area contributed by atoms with E-state index in [2.05, 4.69) is 73.9 Å². The lowest BCUT2D eigenvalue weighted by atomic mass is 9.69. The molecule has 6 N–H and O–H groups in total. The van der Waals surface area contributed by atoms with Gasteiger partial charge in [0.1, 0.15) is 22.5 Å². The Balaban J connectivity index is 0.000000220. The van der Waals surface area contributed by atoms with Crippen molar-refractivity contribution in [3.63, 3.8) is 0 Å². The van der Waals surface area contributed by atoms with Gasteiger partial charge in [-0.05, 0) is 156 Å². The quantitative estimate of drug-likeness (QED) is 0.0347. The number of hydrogen-bond donors (Lipinski definition) is 6. The third-order valence-electron chi connectivity index (χ3n) is 13.7. The molecule has 7 aromatic rings. The van der Waals surface area contributed by atoms with Crippen molar-refractivity contribution in [1.82, 2.24) is 14.8 Å². The molecule has 2 aromatic heterocycles. The second-order valence-corrected chi connectivity index (χ2v) is 19.5. The van der Waals surface area contributed by atoms with E-state index in [0.717, 1.165) is 115 Å². The maximum Gasteiger partial charge on any atom is 0.238 e. The van der Waals surface area contributed by atoms with E-state index >= 15 is 0 Å². The monoisotopic (exact) mass is 1080 g/mol. The summed E-state index contributed by atoms with van der Waals surface area (Å²) in [6.07, 6.45) is 6.82. The van der Waals surface area contributed by atoms with Crippen molar-refractivity contribution >= 4 is 39.2 Å². The van der Waals surface area contributed by atoms with E-state index < -0.39 is 28.1 Å². The highest BCUT2D eigenvalue weighted by Crippen LogP contribution is 2.41. The molecule has 7 rings (SSSR count). The van der Waals surface area contributed by atoms with Crippen LogP contribution in [0.3, 0.4) is 0 Å². The molecule has 2 unspecified atom stereocenters. The number of likely N-dealkylation sites (N-methyl/N-ethyl adjacent to an activating group) is 1. The van der Waals surface area contributed by atoms with Crippen LogP contribution in [0.15, 0.2) is 106 Å². The van der Waals surface area contributed by atoms with Crippen molar-refractivity contribution in [3.05, 3.63) is 124 Å². The van der Waals surface area contributed by atoms with E-state index in [9.17, 15) is 35.6 Å². The molecule has 0 spiro atoms. The number of nitrogens with one attached hydrogen (secondary N) is 1. The van der Waals surface area contributed by atoms with Gasteiger partial charge in [0.05, 0.1) is 45.4 Å².